The quantitative estimate of drug-likeness (QED) is 0.694. The number of ether oxygens (including phenoxy) is 2. The van der Waals surface area contributed by atoms with E-state index in [4.69, 9.17) is 21.1 Å². The maximum absolute atomic E-state index is 12.1. The van der Waals surface area contributed by atoms with E-state index in [1.165, 1.54) is 12.8 Å². The first kappa shape index (κ1) is 20.4. The van der Waals surface area contributed by atoms with Gasteiger partial charge in [0.2, 0.25) is 0 Å². The Bertz CT molecular complexity index is 614. The summed E-state index contributed by atoms with van der Waals surface area (Å²) in [6, 6.07) is 5.94. The molecule has 2 fully saturated rings. The third kappa shape index (κ3) is 5.82. The molecule has 6 nitrogen and oxygen atoms in total. The summed E-state index contributed by atoms with van der Waals surface area (Å²) in [5.41, 5.74) is 0.532. The van der Waals surface area contributed by atoms with E-state index in [1.807, 2.05) is 0 Å². The minimum Gasteiger partial charge on any atom is -0.489 e. The highest BCUT2D eigenvalue weighted by atomic mass is 35.5. The van der Waals surface area contributed by atoms with Crippen LogP contribution in [0, 0.1) is 0 Å². The number of benzene rings is 1. The van der Waals surface area contributed by atoms with Crippen molar-refractivity contribution in [3.8, 4) is 5.75 Å². The van der Waals surface area contributed by atoms with E-state index in [1.54, 1.807) is 25.3 Å². The minimum absolute atomic E-state index is 0.157. The van der Waals surface area contributed by atoms with Gasteiger partial charge in [0.05, 0.1) is 11.6 Å². The topological polar surface area (TPSA) is 62.8 Å². The summed E-state index contributed by atoms with van der Waals surface area (Å²) in [5, 5.41) is 6.70. The van der Waals surface area contributed by atoms with E-state index in [0.717, 1.165) is 39.0 Å². The molecule has 0 spiro atoms. The molecule has 1 aromatic rings. The van der Waals surface area contributed by atoms with Gasteiger partial charge < -0.3 is 25.0 Å². The molecule has 0 radical (unpaired) electrons. The third-order valence-electron chi connectivity index (χ3n) is 5.38. The monoisotopic (exact) mass is 395 g/mol. The highest BCUT2D eigenvalue weighted by Gasteiger charge is 2.27. The van der Waals surface area contributed by atoms with Crippen molar-refractivity contribution in [2.45, 2.75) is 37.8 Å². The number of hydrogen-bond acceptors (Lipinski definition) is 5. The zero-order chi connectivity index (χ0) is 19.1. The first-order chi connectivity index (χ1) is 13.2. The second-order valence-corrected chi connectivity index (χ2v) is 7.64. The average molecular weight is 396 g/mol. The summed E-state index contributed by atoms with van der Waals surface area (Å²) in [7, 11) is 1.60. The average Bonchev–Trinajstić information content (AvgIpc) is 2.71. The molecule has 0 unspecified atom stereocenters. The van der Waals surface area contributed by atoms with Crippen molar-refractivity contribution in [1.29, 1.82) is 0 Å². The number of likely N-dealkylation sites (tertiary alicyclic amines) is 1. The van der Waals surface area contributed by atoms with Gasteiger partial charge in [-0.3, -0.25) is 4.79 Å². The molecule has 1 amide bonds. The van der Waals surface area contributed by atoms with Gasteiger partial charge in [-0.1, -0.05) is 11.6 Å². The van der Waals surface area contributed by atoms with Crippen molar-refractivity contribution in [3.63, 3.8) is 0 Å². The lowest BCUT2D eigenvalue weighted by Crippen LogP contribution is -2.48. The molecule has 7 heteroatoms. The smallest absolute Gasteiger partial charge is 0.251 e. The Morgan fingerprint density at radius 2 is 2.00 bits per heavy atom. The molecular weight excluding hydrogens is 366 g/mol. The van der Waals surface area contributed by atoms with Gasteiger partial charge in [0.15, 0.2) is 0 Å². The zero-order valence-electron chi connectivity index (χ0n) is 16.0. The summed E-state index contributed by atoms with van der Waals surface area (Å²) in [6.45, 7) is 5.36. The Labute approximate surface area is 166 Å². The number of rotatable bonds is 7. The van der Waals surface area contributed by atoms with Crippen LogP contribution in [0.5, 0.6) is 5.75 Å². The fourth-order valence-electron chi connectivity index (χ4n) is 3.82. The molecule has 2 heterocycles. The molecule has 0 aromatic heterocycles. The van der Waals surface area contributed by atoms with Gasteiger partial charge in [-0.05, 0) is 57.0 Å². The van der Waals surface area contributed by atoms with Crippen molar-refractivity contribution in [2.24, 2.45) is 0 Å². The van der Waals surface area contributed by atoms with Crippen LogP contribution in [0.25, 0.3) is 0 Å². The molecule has 2 aliphatic heterocycles. The van der Waals surface area contributed by atoms with Crippen molar-refractivity contribution in [2.75, 3.05) is 46.4 Å². The Kier molecular flexibility index (Phi) is 7.76. The van der Waals surface area contributed by atoms with Crippen LogP contribution < -0.4 is 15.4 Å². The van der Waals surface area contributed by atoms with Crippen molar-refractivity contribution < 1.29 is 14.3 Å². The van der Waals surface area contributed by atoms with Gasteiger partial charge in [-0.15, -0.1) is 0 Å². The predicted molar refractivity (Wildman–Crippen MR) is 107 cm³/mol. The Morgan fingerprint density at radius 3 is 2.67 bits per heavy atom. The first-order valence-corrected chi connectivity index (χ1v) is 10.2. The van der Waals surface area contributed by atoms with E-state index in [2.05, 4.69) is 15.5 Å². The lowest BCUT2D eigenvalue weighted by Gasteiger charge is -2.39. The number of methoxy groups -OCH3 is 1. The molecular formula is C20H30ClN3O3. The van der Waals surface area contributed by atoms with Gasteiger partial charge in [-0.2, -0.15) is 0 Å². The van der Waals surface area contributed by atoms with Crippen LogP contribution in [0.4, 0.5) is 0 Å². The number of carbonyl (C=O) groups excluding carboxylic acids is 1. The molecule has 2 saturated heterocycles. The van der Waals surface area contributed by atoms with Gasteiger partial charge in [-0.25, -0.2) is 0 Å². The summed E-state index contributed by atoms with van der Waals surface area (Å²) < 4.78 is 11.1. The number of halogens is 1. The number of nitrogens with one attached hydrogen (secondary N) is 2. The summed E-state index contributed by atoms with van der Waals surface area (Å²) in [6.07, 6.45) is 4.69. The van der Waals surface area contributed by atoms with Crippen LogP contribution in [0.1, 0.15) is 36.0 Å². The predicted octanol–water partition coefficient (Wildman–Crippen LogP) is 2.31. The van der Waals surface area contributed by atoms with Crippen molar-refractivity contribution in [1.82, 2.24) is 15.5 Å². The largest absolute Gasteiger partial charge is 0.489 e. The molecule has 1 aromatic carbocycles. The Balaban J connectivity index is 1.48. The van der Waals surface area contributed by atoms with Crippen LogP contribution in [-0.4, -0.2) is 69.4 Å². The van der Waals surface area contributed by atoms with Crippen LogP contribution in [0.15, 0.2) is 18.2 Å². The molecule has 2 N–H and O–H groups in total. The third-order valence-corrected chi connectivity index (χ3v) is 5.68. The highest BCUT2D eigenvalue weighted by molar-refractivity contribution is 6.32. The van der Waals surface area contributed by atoms with Gasteiger partial charge in [0.25, 0.3) is 5.91 Å². The van der Waals surface area contributed by atoms with Crippen LogP contribution in [0.2, 0.25) is 5.02 Å². The summed E-state index contributed by atoms with van der Waals surface area (Å²) >= 11 is 6.36. The molecule has 0 saturated carbocycles. The van der Waals surface area contributed by atoms with Crippen molar-refractivity contribution >= 4 is 17.5 Å². The van der Waals surface area contributed by atoms with E-state index < -0.39 is 0 Å². The van der Waals surface area contributed by atoms with Crippen molar-refractivity contribution in [3.05, 3.63) is 28.8 Å². The van der Waals surface area contributed by atoms with Gasteiger partial charge in [0, 0.05) is 38.3 Å². The normalized spacial score (nSPS) is 19.8. The standard InChI is InChI=1S/C20H30ClN3O3/c1-26-13-10-23-20(25)15-2-3-19(18(21)14-15)27-17-6-11-24(12-7-17)16-4-8-22-9-5-16/h2-3,14,16-17,22H,4-13H2,1H3,(H,23,25). The fourth-order valence-corrected chi connectivity index (χ4v) is 4.04. The fraction of sp³-hybridized carbons (Fsp3) is 0.650. The number of carbonyl (C=O) groups is 1. The van der Waals surface area contributed by atoms with Gasteiger partial charge in [0.1, 0.15) is 11.9 Å². The van der Waals surface area contributed by atoms with Crippen LogP contribution in [0.3, 0.4) is 0 Å². The minimum atomic E-state index is -0.157. The van der Waals surface area contributed by atoms with Gasteiger partial charge >= 0.3 is 0 Å². The highest BCUT2D eigenvalue weighted by Crippen LogP contribution is 2.29. The molecule has 0 aliphatic carbocycles. The first-order valence-electron chi connectivity index (χ1n) is 9.85. The Hall–Kier alpha value is -1.34. The van der Waals surface area contributed by atoms with E-state index in [9.17, 15) is 4.79 Å². The molecule has 27 heavy (non-hydrogen) atoms. The number of piperidine rings is 2. The molecule has 2 aliphatic rings. The summed E-state index contributed by atoms with van der Waals surface area (Å²) in [5.74, 6) is 0.501. The van der Waals surface area contributed by atoms with Crippen LogP contribution in [-0.2, 0) is 4.74 Å². The maximum Gasteiger partial charge on any atom is 0.251 e. The number of amides is 1. The van der Waals surface area contributed by atoms with Crippen LogP contribution >= 0.6 is 11.6 Å². The molecule has 3 rings (SSSR count). The summed E-state index contributed by atoms with van der Waals surface area (Å²) in [4.78, 5) is 14.7. The van der Waals surface area contributed by atoms with E-state index >= 15 is 0 Å². The second kappa shape index (κ2) is 10.3. The molecule has 150 valence electrons. The zero-order valence-corrected chi connectivity index (χ0v) is 16.8. The molecule has 0 atom stereocenters. The number of hydrogen-bond donors (Lipinski definition) is 2. The lowest BCUT2D eigenvalue weighted by atomic mass is 10.00. The second-order valence-electron chi connectivity index (χ2n) is 7.23. The SMILES string of the molecule is COCCNC(=O)c1ccc(OC2CCN(C3CCNCC3)CC2)c(Cl)c1. The van der Waals surface area contributed by atoms with E-state index in [-0.39, 0.29) is 12.0 Å². The Morgan fingerprint density at radius 1 is 1.26 bits per heavy atom. The van der Waals surface area contributed by atoms with E-state index in [0.29, 0.717) is 35.5 Å². The maximum atomic E-state index is 12.1. The number of nitrogens with zero attached hydrogens (tertiary/aromatic N) is 1. The molecule has 0 bridgehead atoms. The lowest BCUT2D eigenvalue weighted by molar-refractivity contribution is 0.0654.